The molecule has 2 aromatic carbocycles. The van der Waals surface area contributed by atoms with E-state index in [0.29, 0.717) is 16.3 Å². The highest BCUT2D eigenvalue weighted by molar-refractivity contribution is 7.13. The molecule has 1 N–H and O–H groups in total. The third-order valence-corrected chi connectivity index (χ3v) is 5.29. The monoisotopic (exact) mass is 419 g/mol. The normalized spacial score (nSPS) is 11.4. The number of halogens is 3. The van der Waals surface area contributed by atoms with E-state index in [2.05, 4.69) is 10.3 Å². The number of thiazole rings is 1. The third kappa shape index (κ3) is 5.14. The van der Waals surface area contributed by atoms with Gasteiger partial charge in [-0.1, -0.05) is 12.1 Å². The molecule has 0 bridgehead atoms. The predicted molar refractivity (Wildman–Crippen MR) is 110 cm³/mol. The van der Waals surface area contributed by atoms with Gasteiger partial charge >= 0.3 is 6.18 Å². The van der Waals surface area contributed by atoms with Gasteiger partial charge in [0.05, 0.1) is 17.7 Å². The summed E-state index contributed by atoms with van der Waals surface area (Å²) < 4.78 is 38.0. The molecule has 1 heterocycles. The lowest BCUT2D eigenvalue weighted by Crippen LogP contribution is -2.16. The van der Waals surface area contributed by atoms with E-state index in [4.69, 9.17) is 0 Å². The number of benzene rings is 2. The van der Waals surface area contributed by atoms with Gasteiger partial charge in [0.1, 0.15) is 5.01 Å². The maximum absolute atomic E-state index is 12.7. The van der Waals surface area contributed by atoms with E-state index in [1.54, 1.807) is 5.38 Å². The molecule has 4 nitrogen and oxygen atoms in total. The molecular weight excluding hydrogens is 399 g/mol. The van der Waals surface area contributed by atoms with E-state index in [-0.39, 0.29) is 12.3 Å². The topological polar surface area (TPSA) is 45.2 Å². The Bertz CT molecular complexity index is 1010. The van der Waals surface area contributed by atoms with Gasteiger partial charge in [-0.3, -0.25) is 4.79 Å². The predicted octanol–water partition coefficient (Wildman–Crippen LogP) is 5.38. The van der Waals surface area contributed by atoms with Gasteiger partial charge < -0.3 is 10.2 Å². The second-order valence-electron chi connectivity index (χ2n) is 6.84. The maximum Gasteiger partial charge on any atom is 0.416 e. The lowest BCUT2D eigenvalue weighted by Gasteiger charge is -2.15. The van der Waals surface area contributed by atoms with Crippen molar-refractivity contribution < 1.29 is 18.0 Å². The summed E-state index contributed by atoms with van der Waals surface area (Å²) in [5.74, 6) is -0.199. The van der Waals surface area contributed by atoms with E-state index in [1.165, 1.54) is 23.5 Å². The van der Waals surface area contributed by atoms with Crippen molar-refractivity contribution in [2.75, 3.05) is 24.3 Å². The van der Waals surface area contributed by atoms with Gasteiger partial charge in [0.15, 0.2) is 0 Å². The molecule has 0 aliphatic rings. The highest BCUT2D eigenvalue weighted by Crippen LogP contribution is 2.32. The molecule has 0 saturated carbocycles. The number of carbonyl (C=O) groups is 1. The third-order valence-electron chi connectivity index (χ3n) is 4.35. The first-order valence-electron chi connectivity index (χ1n) is 8.83. The summed E-state index contributed by atoms with van der Waals surface area (Å²) in [7, 11) is 3.90. The number of aryl methyl sites for hydroxylation is 1. The number of alkyl halides is 3. The summed E-state index contributed by atoms with van der Waals surface area (Å²) in [4.78, 5) is 18.7. The van der Waals surface area contributed by atoms with E-state index < -0.39 is 11.7 Å². The largest absolute Gasteiger partial charge is 0.416 e. The van der Waals surface area contributed by atoms with Crippen LogP contribution in [-0.4, -0.2) is 25.0 Å². The van der Waals surface area contributed by atoms with Gasteiger partial charge in [-0.05, 0) is 42.8 Å². The summed E-state index contributed by atoms with van der Waals surface area (Å²) in [6, 6.07) is 10.6. The quantitative estimate of drug-likeness (QED) is 0.604. The zero-order chi connectivity index (χ0) is 21.2. The first-order valence-corrected chi connectivity index (χ1v) is 9.71. The first-order chi connectivity index (χ1) is 13.6. The summed E-state index contributed by atoms with van der Waals surface area (Å²) in [6.45, 7) is 1.92. The molecule has 0 aliphatic carbocycles. The van der Waals surface area contributed by atoms with Crippen molar-refractivity contribution in [2.24, 2.45) is 0 Å². The standard InChI is InChI=1S/C21H20F3N3OS/c1-13-10-17(27(2)3)8-9-18(13)26-19(28)11-16-12-29-20(25-16)14-4-6-15(7-5-14)21(22,23)24/h4-10,12H,11H2,1-3H3,(H,26,28). The van der Waals surface area contributed by atoms with Crippen LogP contribution in [0.2, 0.25) is 0 Å². The van der Waals surface area contributed by atoms with Crippen LogP contribution in [0, 0.1) is 6.92 Å². The Balaban J connectivity index is 1.66. The summed E-state index contributed by atoms with van der Waals surface area (Å²) in [6.07, 6.45) is -4.28. The second kappa shape index (κ2) is 8.24. The Kier molecular flexibility index (Phi) is 5.93. The van der Waals surface area contributed by atoms with Crippen LogP contribution in [0.15, 0.2) is 47.8 Å². The van der Waals surface area contributed by atoms with Crippen LogP contribution >= 0.6 is 11.3 Å². The molecule has 8 heteroatoms. The Morgan fingerprint density at radius 2 is 1.83 bits per heavy atom. The van der Waals surface area contributed by atoms with Crippen LogP contribution < -0.4 is 10.2 Å². The minimum absolute atomic E-state index is 0.0893. The van der Waals surface area contributed by atoms with Crippen molar-refractivity contribution in [3.63, 3.8) is 0 Å². The molecule has 0 spiro atoms. The summed E-state index contributed by atoms with van der Waals surface area (Å²) in [5.41, 5.74) is 3.19. The van der Waals surface area contributed by atoms with E-state index in [0.717, 1.165) is 29.1 Å². The number of anilines is 2. The number of amides is 1. The van der Waals surface area contributed by atoms with Crippen LogP contribution in [0.25, 0.3) is 10.6 Å². The molecule has 0 radical (unpaired) electrons. The number of hydrogen-bond acceptors (Lipinski definition) is 4. The Morgan fingerprint density at radius 1 is 1.14 bits per heavy atom. The molecule has 152 valence electrons. The van der Waals surface area contributed by atoms with Crippen molar-refractivity contribution in [3.8, 4) is 10.6 Å². The average Bonchev–Trinajstić information content (AvgIpc) is 3.11. The second-order valence-corrected chi connectivity index (χ2v) is 7.70. The minimum Gasteiger partial charge on any atom is -0.378 e. The Morgan fingerprint density at radius 3 is 2.41 bits per heavy atom. The highest BCUT2D eigenvalue weighted by atomic mass is 32.1. The molecule has 0 unspecified atom stereocenters. The lowest BCUT2D eigenvalue weighted by molar-refractivity contribution is -0.137. The lowest BCUT2D eigenvalue weighted by atomic mass is 10.1. The van der Waals surface area contributed by atoms with Gasteiger partial charge in [0.25, 0.3) is 0 Å². The van der Waals surface area contributed by atoms with Gasteiger partial charge in [-0.2, -0.15) is 13.2 Å². The molecule has 3 rings (SSSR count). The zero-order valence-corrected chi connectivity index (χ0v) is 17.0. The van der Waals surface area contributed by atoms with Crippen molar-refractivity contribution in [1.29, 1.82) is 0 Å². The molecule has 0 atom stereocenters. The van der Waals surface area contributed by atoms with E-state index in [1.807, 2.05) is 44.1 Å². The van der Waals surface area contributed by atoms with Crippen molar-refractivity contribution in [1.82, 2.24) is 4.98 Å². The SMILES string of the molecule is Cc1cc(N(C)C)ccc1NC(=O)Cc1csc(-c2ccc(C(F)(F)F)cc2)n1. The Labute approximate surface area is 171 Å². The first kappa shape index (κ1) is 20.9. The molecule has 0 aliphatic heterocycles. The zero-order valence-electron chi connectivity index (χ0n) is 16.2. The van der Waals surface area contributed by atoms with Gasteiger partial charge in [0.2, 0.25) is 5.91 Å². The Hall–Kier alpha value is -2.87. The smallest absolute Gasteiger partial charge is 0.378 e. The fraction of sp³-hybridized carbons (Fsp3) is 0.238. The van der Waals surface area contributed by atoms with Gasteiger partial charge in [-0.15, -0.1) is 11.3 Å². The number of hydrogen-bond donors (Lipinski definition) is 1. The van der Waals surface area contributed by atoms with Crippen LogP contribution in [-0.2, 0) is 17.4 Å². The maximum atomic E-state index is 12.7. The average molecular weight is 419 g/mol. The number of carbonyl (C=O) groups excluding carboxylic acids is 1. The molecule has 1 amide bonds. The molecule has 29 heavy (non-hydrogen) atoms. The number of nitrogens with zero attached hydrogens (tertiary/aromatic N) is 2. The van der Waals surface area contributed by atoms with Gasteiger partial charge in [0, 0.05) is 36.4 Å². The van der Waals surface area contributed by atoms with Gasteiger partial charge in [-0.25, -0.2) is 4.98 Å². The van der Waals surface area contributed by atoms with Crippen molar-refractivity contribution in [2.45, 2.75) is 19.5 Å². The van der Waals surface area contributed by atoms with Crippen LogP contribution in [0.1, 0.15) is 16.8 Å². The fourth-order valence-electron chi connectivity index (χ4n) is 2.75. The fourth-order valence-corrected chi connectivity index (χ4v) is 3.57. The number of aromatic nitrogens is 1. The van der Waals surface area contributed by atoms with E-state index >= 15 is 0 Å². The van der Waals surface area contributed by atoms with Crippen LogP contribution in [0.5, 0.6) is 0 Å². The number of rotatable bonds is 5. The molecular formula is C21H20F3N3OS. The molecule has 0 fully saturated rings. The molecule has 1 aromatic heterocycles. The molecule has 3 aromatic rings. The molecule has 0 saturated heterocycles. The highest BCUT2D eigenvalue weighted by Gasteiger charge is 2.30. The number of nitrogens with one attached hydrogen (secondary N) is 1. The minimum atomic E-state index is -4.37. The van der Waals surface area contributed by atoms with E-state index in [9.17, 15) is 18.0 Å². The van der Waals surface area contributed by atoms with Crippen molar-refractivity contribution in [3.05, 3.63) is 64.7 Å². The van der Waals surface area contributed by atoms with Crippen molar-refractivity contribution >= 4 is 28.6 Å². The van der Waals surface area contributed by atoms with Crippen LogP contribution in [0.3, 0.4) is 0 Å². The summed E-state index contributed by atoms with van der Waals surface area (Å²) >= 11 is 1.29. The summed E-state index contributed by atoms with van der Waals surface area (Å²) in [5, 5.41) is 5.20. The van der Waals surface area contributed by atoms with Crippen LogP contribution in [0.4, 0.5) is 24.5 Å².